The lowest BCUT2D eigenvalue weighted by atomic mass is 9.78. The Hall–Kier alpha value is -4.05. The summed E-state index contributed by atoms with van der Waals surface area (Å²) in [4.78, 5) is 23.9. The maximum absolute atomic E-state index is 13.3. The minimum Gasteiger partial charge on any atom is -0.431 e. The van der Waals surface area contributed by atoms with Crippen molar-refractivity contribution in [3.05, 3.63) is 65.9 Å². The van der Waals surface area contributed by atoms with Gasteiger partial charge in [0, 0.05) is 35.6 Å². The number of nitrogens with one attached hydrogen (secondary N) is 1. The maximum Gasteiger partial charge on any atom is 0.293 e. The summed E-state index contributed by atoms with van der Waals surface area (Å²) in [6, 6.07) is 13.4. The fourth-order valence-electron chi connectivity index (χ4n) is 4.85. The van der Waals surface area contributed by atoms with Crippen LogP contribution in [-0.4, -0.2) is 53.5 Å². The van der Waals surface area contributed by atoms with Gasteiger partial charge in [-0.15, -0.1) is 0 Å². The van der Waals surface area contributed by atoms with E-state index >= 15 is 0 Å². The van der Waals surface area contributed by atoms with Crippen LogP contribution in [-0.2, 0) is 4.74 Å². The second kappa shape index (κ2) is 8.24. The van der Waals surface area contributed by atoms with Crippen molar-refractivity contribution in [1.29, 1.82) is 0 Å². The fourth-order valence-corrected chi connectivity index (χ4v) is 4.85. The molecule has 10 heteroatoms. The lowest BCUT2D eigenvalue weighted by Crippen LogP contribution is -2.66. The van der Waals surface area contributed by atoms with E-state index < -0.39 is 12.1 Å². The van der Waals surface area contributed by atoms with Gasteiger partial charge in [-0.3, -0.25) is 4.79 Å². The van der Waals surface area contributed by atoms with Crippen LogP contribution in [0.5, 0.6) is 0 Å². The largest absolute Gasteiger partial charge is 0.431 e. The number of aromatic nitrogens is 3. The predicted octanol–water partition coefficient (Wildman–Crippen LogP) is 4.61. The molecule has 1 amide bonds. The van der Waals surface area contributed by atoms with E-state index in [4.69, 9.17) is 13.7 Å². The second-order valence-corrected chi connectivity index (χ2v) is 10.2. The van der Waals surface area contributed by atoms with Crippen LogP contribution < -0.4 is 10.2 Å². The summed E-state index contributed by atoms with van der Waals surface area (Å²) in [6.07, 6.45) is 0.915. The normalized spacial score (nSPS) is 21.4. The molecule has 188 valence electrons. The zero-order valence-corrected chi connectivity index (χ0v) is 20.1. The highest BCUT2D eigenvalue weighted by Gasteiger charge is 2.49. The first-order chi connectivity index (χ1) is 18.0. The molecule has 0 radical (unpaired) electrons. The zero-order chi connectivity index (χ0) is 25.1. The van der Waals surface area contributed by atoms with E-state index in [-0.39, 0.29) is 11.7 Å². The molecule has 3 aliphatic rings. The molecule has 2 atom stereocenters. The van der Waals surface area contributed by atoms with Crippen LogP contribution in [0, 0.1) is 12.3 Å². The van der Waals surface area contributed by atoms with Crippen LogP contribution in [0.4, 0.5) is 15.8 Å². The number of rotatable bonds is 6. The highest BCUT2D eigenvalue weighted by molar-refractivity contribution is 6.03. The molecule has 4 heterocycles. The van der Waals surface area contributed by atoms with Crippen molar-refractivity contribution in [2.45, 2.75) is 25.4 Å². The monoisotopic (exact) mass is 501 g/mol. The molecule has 2 aromatic carbocycles. The molecule has 0 bridgehead atoms. The smallest absolute Gasteiger partial charge is 0.293 e. The Bertz CT molecular complexity index is 1480. The predicted molar refractivity (Wildman–Crippen MR) is 132 cm³/mol. The molecule has 1 spiro atoms. The molecule has 2 saturated heterocycles. The summed E-state index contributed by atoms with van der Waals surface area (Å²) in [6.45, 7) is 5.62. The van der Waals surface area contributed by atoms with Crippen molar-refractivity contribution in [1.82, 2.24) is 15.1 Å². The van der Waals surface area contributed by atoms with Crippen LogP contribution in [0.25, 0.3) is 22.8 Å². The SMILES string of the molecule is Cc1ccc(-c2noc([C@H]3C[C@@H]3F)n2)cc1NC(=O)c1cnc(-c2ccc(N3CC4(COC4)C3)cc2)o1. The third kappa shape index (κ3) is 3.97. The number of halogens is 1. The zero-order valence-electron chi connectivity index (χ0n) is 20.1. The third-order valence-electron chi connectivity index (χ3n) is 7.29. The molecule has 7 rings (SSSR count). The van der Waals surface area contributed by atoms with E-state index in [0.717, 1.165) is 43.1 Å². The standard InChI is InChI=1S/C27H24FN5O4/c1-15-2-3-17(23-31-26(37-32-23)19-9-20(19)28)8-21(15)30-24(34)22-10-29-25(36-22)16-4-6-18(7-5-16)33-11-27(12-33)13-35-14-27/h2-8,10,19-20H,9,11-14H2,1H3,(H,30,34)/t19-,20-/m0/s1. The Kier molecular flexibility index (Phi) is 4.94. The molecule has 37 heavy (non-hydrogen) atoms. The van der Waals surface area contributed by atoms with Crippen molar-refractivity contribution < 1.29 is 22.9 Å². The summed E-state index contributed by atoms with van der Waals surface area (Å²) in [5, 5.41) is 6.84. The molecule has 0 unspecified atom stereocenters. The van der Waals surface area contributed by atoms with Gasteiger partial charge >= 0.3 is 0 Å². The number of benzene rings is 2. The van der Waals surface area contributed by atoms with Crippen LogP contribution in [0.1, 0.15) is 34.3 Å². The van der Waals surface area contributed by atoms with Gasteiger partial charge in [0.05, 0.1) is 30.7 Å². The van der Waals surface area contributed by atoms with E-state index in [1.807, 2.05) is 43.3 Å². The molecule has 2 aliphatic heterocycles. The van der Waals surface area contributed by atoms with Gasteiger partial charge in [0.15, 0.2) is 0 Å². The van der Waals surface area contributed by atoms with Gasteiger partial charge in [-0.2, -0.15) is 4.98 Å². The average Bonchev–Trinajstić information content (AvgIpc) is 3.25. The summed E-state index contributed by atoms with van der Waals surface area (Å²) >= 11 is 0. The number of alkyl halides is 1. The van der Waals surface area contributed by atoms with Crippen LogP contribution in [0.3, 0.4) is 0 Å². The molecular weight excluding hydrogens is 477 g/mol. The molecule has 1 saturated carbocycles. The molecule has 4 aromatic rings. The van der Waals surface area contributed by atoms with Gasteiger partial charge < -0.3 is 23.9 Å². The first-order valence-electron chi connectivity index (χ1n) is 12.3. The van der Waals surface area contributed by atoms with E-state index in [0.29, 0.717) is 40.7 Å². The average molecular weight is 502 g/mol. The Morgan fingerprint density at radius 1 is 1.14 bits per heavy atom. The quantitative estimate of drug-likeness (QED) is 0.408. The van der Waals surface area contributed by atoms with Gasteiger partial charge in [0.25, 0.3) is 5.91 Å². The Labute approximate surface area is 211 Å². The highest BCUT2D eigenvalue weighted by Crippen LogP contribution is 2.43. The number of carbonyl (C=O) groups excluding carboxylic acids is 1. The number of oxazole rings is 1. The number of hydrogen-bond acceptors (Lipinski definition) is 8. The highest BCUT2D eigenvalue weighted by atomic mass is 19.1. The maximum atomic E-state index is 13.3. The summed E-state index contributed by atoms with van der Waals surface area (Å²) < 4.78 is 29.6. The molecule has 1 N–H and O–H groups in total. The first kappa shape index (κ1) is 22.2. The summed E-state index contributed by atoms with van der Waals surface area (Å²) in [5.41, 5.74) is 4.38. The van der Waals surface area contributed by atoms with Gasteiger partial charge in [-0.05, 0) is 49.2 Å². The Morgan fingerprint density at radius 2 is 1.89 bits per heavy atom. The Morgan fingerprint density at radius 3 is 2.59 bits per heavy atom. The van der Waals surface area contributed by atoms with Crippen LogP contribution >= 0.6 is 0 Å². The topological polar surface area (TPSA) is 107 Å². The lowest BCUT2D eigenvalue weighted by molar-refractivity contribution is -0.127. The number of ether oxygens (including phenoxy) is 1. The fraction of sp³-hybridized carbons (Fsp3) is 0.333. The second-order valence-electron chi connectivity index (χ2n) is 10.2. The van der Waals surface area contributed by atoms with Gasteiger partial charge in [0.2, 0.25) is 23.4 Å². The molecular formula is C27H24FN5O4. The van der Waals surface area contributed by atoms with E-state index in [9.17, 15) is 9.18 Å². The first-order valence-corrected chi connectivity index (χ1v) is 12.3. The molecule has 2 aromatic heterocycles. The number of nitrogens with zero attached hydrogens (tertiary/aromatic N) is 4. The van der Waals surface area contributed by atoms with E-state index in [1.54, 1.807) is 6.07 Å². The van der Waals surface area contributed by atoms with Crippen molar-refractivity contribution in [3.63, 3.8) is 0 Å². The Balaban J connectivity index is 1.03. The van der Waals surface area contributed by atoms with Crippen LogP contribution in [0.15, 0.2) is 57.6 Å². The molecule has 1 aliphatic carbocycles. The number of hydrogen-bond donors (Lipinski definition) is 1. The van der Waals surface area contributed by atoms with Crippen molar-refractivity contribution in [2.75, 3.05) is 36.5 Å². The van der Waals surface area contributed by atoms with E-state index in [1.165, 1.54) is 6.20 Å². The van der Waals surface area contributed by atoms with Gasteiger partial charge in [-0.1, -0.05) is 17.3 Å². The minimum absolute atomic E-state index is 0.100. The van der Waals surface area contributed by atoms with Gasteiger partial charge in [0.1, 0.15) is 6.17 Å². The van der Waals surface area contributed by atoms with Crippen LogP contribution in [0.2, 0.25) is 0 Å². The molecule has 3 fully saturated rings. The number of carbonyl (C=O) groups is 1. The number of anilines is 2. The minimum atomic E-state index is -0.915. The third-order valence-corrected chi connectivity index (χ3v) is 7.29. The van der Waals surface area contributed by atoms with Crippen molar-refractivity contribution in [3.8, 4) is 22.8 Å². The van der Waals surface area contributed by atoms with Crippen molar-refractivity contribution in [2.24, 2.45) is 5.41 Å². The lowest BCUT2D eigenvalue weighted by Gasteiger charge is -2.56. The van der Waals surface area contributed by atoms with Crippen molar-refractivity contribution >= 4 is 17.3 Å². The summed E-state index contributed by atoms with van der Waals surface area (Å²) in [7, 11) is 0. The number of amides is 1. The summed E-state index contributed by atoms with van der Waals surface area (Å²) in [5.74, 6) is 0.398. The molecule has 9 nitrogen and oxygen atoms in total. The van der Waals surface area contributed by atoms with E-state index in [2.05, 4.69) is 25.3 Å². The number of aryl methyl sites for hydroxylation is 1. The van der Waals surface area contributed by atoms with Gasteiger partial charge in [-0.25, -0.2) is 9.37 Å².